The number of rotatable bonds is 4. The van der Waals surface area contributed by atoms with Gasteiger partial charge in [-0.2, -0.15) is 0 Å². The normalized spacial score (nSPS) is 29.4. The number of carbonyl (C=O) groups is 3. The smallest absolute Gasteiger partial charge is 0.250 e. The molecule has 2 fully saturated rings. The zero-order valence-electron chi connectivity index (χ0n) is 18.4. The first kappa shape index (κ1) is 20.8. The predicted molar refractivity (Wildman–Crippen MR) is 119 cm³/mol. The van der Waals surface area contributed by atoms with Crippen LogP contribution in [-0.2, 0) is 26.3 Å². The van der Waals surface area contributed by atoms with E-state index in [0.717, 1.165) is 16.7 Å². The van der Waals surface area contributed by atoms with Gasteiger partial charge in [0.15, 0.2) is 0 Å². The molecule has 3 heterocycles. The van der Waals surface area contributed by atoms with Gasteiger partial charge in [0.25, 0.3) is 0 Å². The monoisotopic (exact) mass is 433 g/mol. The molecule has 0 aliphatic carbocycles. The number of nitrogens with one attached hydrogen (secondary N) is 2. The van der Waals surface area contributed by atoms with E-state index in [0.29, 0.717) is 17.7 Å². The Morgan fingerprint density at radius 1 is 1.06 bits per heavy atom. The summed E-state index contributed by atoms with van der Waals surface area (Å²) in [6.45, 7) is 5.73. The fourth-order valence-electron chi connectivity index (χ4n) is 5.63. The van der Waals surface area contributed by atoms with Crippen molar-refractivity contribution in [3.05, 3.63) is 64.7 Å². The van der Waals surface area contributed by atoms with Crippen LogP contribution in [0.15, 0.2) is 42.5 Å². The molecule has 0 unspecified atom stereocenters. The lowest BCUT2D eigenvalue weighted by atomic mass is 9.76. The molecule has 7 nitrogen and oxygen atoms in total. The van der Waals surface area contributed by atoms with Crippen molar-refractivity contribution < 1.29 is 19.5 Å². The average molecular weight is 434 g/mol. The van der Waals surface area contributed by atoms with Gasteiger partial charge in [-0.05, 0) is 43.9 Å². The summed E-state index contributed by atoms with van der Waals surface area (Å²) in [5.41, 5.74) is 2.99. The van der Waals surface area contributed by atoms with Gasteiger partial charge in [0.2, 0.25) is 17.7 Å². The fourth-order valence-corrected chi connectivity index (χ4v) is 5.63. The highest BCUT2D eigenvalue weighted by molar-refractivity contribution is 6.15. The highest BCUT2D eigenvalue weighted by Crippen LogP contribution is 2.54. The van der Waals surface area contributed by atoms with Gasteiger partial charge < -0.3 is 10.4 Å². The molecule has 166 valence electrons. The quantitative estimate of drug-likeness (QED) is 0.637. The van der Waals surface area contributed by atoms with Crippen LogP contribution in [-0.4, -0.2) is 46.4 Å². The molecule has 0 saturated carbocycles. The van der Waals surface area contributed by atoms with Gasteiger partial charge in [-0.15, -0.1) is 0 Å². The highest BCUT2D eigenvalue weighted by atomic mass is 16.3. The number of hydrogen-bond acceptors (Lipinski definition) is 5. The first-order valence-corrected chi connectivity index (χ1v) is 11.0. The standard InChI is InChI=1S/C25H27N3O4/c1-13-9-10-17-20(14(13)2)26-24(32)25(17)19-18(21(27-25)15(3)29)22(30)28(23(19)31)12-11-16-7-5-4-6-8-16/h4-10,15,18-19,21,27,29H,11-12H2,1-3H3,(H,26,32)/t15-,18-,19-,21+,25-/m0/s1. The Morgan fingerprint density at radius 3 is 2.47 bits per heavy atom. The molecule has 2 aromatic carbocycles. The van der Waals surface area contributed by atoms with Gasteiger partial charge in [0.1, 0.15) is 5.54 Å². The van der Waals surface area contributed by atoms with Crippen LogP contribution in [0, 0.1) is 25.7 Å². The first-order chi connectivity index (χ1) is 15.3. The molecule has 3 N–H and O–H groups in total. The summed E-state index contributed by atoms with van der Waals surface area (Å²) in [5, 5.41) is 16.7. The topological polar surface area (TPSA) is 98.7 Å². The lowest BCUT2D eigenvalue weighted by molar-refractivity contribution is -0.143. The summed E-state index contributed by atoms with van der Waals surface area (Å²) < 4.78 is 0. The van der Waals surface area contributed by atoms with Crippen LogP contribution in [0.2, 0.25) is 0 Å². The van der Waals surface area contributed by atoms with Gasteiger partial charge in [0, 0.05) is 23.8 Å². The third-order valence-electron chi connectivity index (χ3n) is 7.43. The second-order valence-electron chi connectivity index (χ2n) is 9.17. The molecular weight excluding hydrogens is 406 g/mol. The number of imide groups is 1. The first-order valence-electron chi connectivity index (χ1n) is 11.0. The van der Waals surface area contributed by atoms with Crippen molar-refractivity contribution in [2.24, 2.45) is 11.8 Å². The van der Waals surface area contributed by atoms with Crippen LogP contribution in [0.25, 0.3) is 0 Å². The Hall–Kier alpha value is -3.03. The summed E-state index contributed by atoms with van der Waals surface area (Å²) in [4.78, 5) is 41.8. The van der Waals surface area contributed by atoms with Crippen LogP contribution in [0.1, 0.15) is 29.2 Å². The Morgan fingerprint density at radius 2 is 1.78 bits per heavy atom. The minimum Gasteiger partial charge on any atom is -0.392 e. The van der Waals surface area contributed by atoms with Gasteiger partial charge >= 0.3 is 0 Å². The van der Waals surface area contributed by atoms with E-state index in [9.17, 15) is 19.5 Å². The van der Waals surface area contributed by atoms with E-state index in [1.807, 2.05) is 56.3 Å². The molecule has 32 heavy (non-hydrogen) atoms. The maximum absolute atomic E-state index is 13.7. The van der Waals surface area contributed by atoms with Gasteiger partial charge in [-0.1, -0.05) is 42.5 Å². The van der Waals surface area contributed by atoms with E-state index < -0.39 is 29.5 Å². The molecule has 0 radical (unpaired) electrons. The highest BCUT2D eigenvalue weighted by Gasteiger charge is 2.71. The number of aliphatic hydroxyl groups is 1. The summed E-state index contributed by atoms with van der Waals surface area (Å²) in [7, 11) is 0. The zero-order chi connectivity index (χ0) is 22.8. The van der Waals surface area contributed by atoms with E-state index >= 15 is 0 Å². The lowest BCUT2D eigenvalue weighted by Crippen LogP contribution is -2.55. The van der Waals surface area contributed by atoms with Crippen molar-refractivity contribution in [3.8, 4) is 0 Å². The third-order valence-corrected chi connectivity index (χ3v) is 7.43. The maximum Gasteiger partial charge on any atom is 0.250 e. The Labute approximate surface area is 186 Å². The molecule has 7 heteroatoms. The van der Waals surface area contributed by atoms with Gasteiger partial charge in [0.05, 0.1) is 17.9 Å². The molecule has 3 aliphatic rings. The molecule has 3 aliphatic heterocycles. The molecule has 5 rings (SSSR count). The predicted octanol–water partition coefficient (Wildman–Crippen LogP) is 1.65. The van der Waals surface area contributed by atoms with Gasteiger partial charge in [-0.3, -0.25) is 24.6 Å². The SMILES string of the molecule is Cc1ccc2c(c1C)NC(=O)[C@]21N[C@H]([C@H](C)O)[C@H]2C(=O)N(CCc3ccccc3)C(=O)[C@H]21. The summed E-state index contributed by atoms with van der Waals surface area (Å²) >= 11 is 0. The van der Waals surface area contributed by atoms with E-state index in [2.05, 4.69) is 10.6 Å². The van der Waals surface area contributed by atoms with Crippen molar-refractivity contribution in [2.75, 3.05) is 11.9 Å². The van der Waals surface area contributed by atoms with Crippen molar-refractivity contribution >= 4 is 23.4 Å². The number of nitrogens with zero attached hydrogens (tertiary/aromatic N) is 1. The number of aliphatic hydroxyl groups excluding tert-OH is 1. The second-order valence-corrected chi connectivity index (χ2v) is 9.17. The second kappa shape index (κ2) is 7.25. The van der Waals surface area contributed by atoms with Gasteiger partial charge in [-0.25, -0.2) is 0 Å². The van der Waals surface area contributed by atoms with E-state index in [4.69, 9.17) is 0 Å². The molecule has 0 bridgehead atoms. The third kappa shape index (κ3) is 2.71. The van der Waals surface area contributed by atoms with E-state index in [1.165, 1.54) is 4.90 Å². The van der Waals surface area contributed by atoms with E-state index in [1.54, 1.807) is 6.92 Å². The number of anilines is 1. The molecule has 5 atom stereocenters. The molecule has 0 aromatic heterocycles. The molecular formula is C25H27N3O4. The van der Waals surface area contributed by atoms with Crippen LogP contribution >= 0.6 is 0 Å². The minimum atomic E-state index is -1.37. The molecule has 2 saturated heterocycles. The zero-order valence-corrected chi connectivity index (χ0v) is 18.4. The van der Waals surface area contributed by atoms with Crippen molar-refractivity contribution in [2.45, 2.75) is 44.9 Å². The fraction of sp³-hybridized carbons (Fsp3) is 0.400. The van der Waals surface area contributed by atoms with E-state index in [-0.39, 0.29) is 24.3 Å². The minimum absolute atomic E-state index is 0.249. The Kier molecular flexibility index (Phi) is 4.72. The summed E-state index contributed by atoms with van der Waals surface area (Å²) in [6.07, 6.45) is -0.366. The van der Waals surface area contributed by atoms with Crippen LogP contribution < -0.4 is 10.6 Å². The number of hydrogen-bond donors (Lipinski definition) is 3. The summed E-state index contributed by atoms with van der Waals surface area (Å²) in [6, 6.07) is 12.8. The maximum atomic E-state index is 13.7. The molecule has 2 aromatic rings. The number of amides is 3. The summed E-state index contributed by atoms with van der Waals surface area (Å²) in [5.74, 6) is -2.71. The number of likely N-dealkylation sites (tertiary alicyclic amines) is 1. The number of aryl methyl sites for hydroxylation is 1. The molecule has 1 spiro atoms. The Bertz CT molecular complexity index is 1130. The van der Waals surface area contributed by atoms with Crippen LogP contribution in [0.4, 0.5) is 5.69 Å². The number of fused-ring (bicyclic) bond motifs is 4. The number of benzene rings is 2. The lowest BCUT2D eigenvalue weighted by Gasteiger charge is -2.30. The Balaban J connectivity index is 1.57. The number of carbonyl (C=O) groups excluding carboxylic acids is 3. The van der Waals surface area contributed by atoms with Crippen molar-refractivity contribution in [3.63, 3.8) is 0 Å². The molecule has 3 amide bonds. The van der Waals surface area contributed by atoms with Crippen LogP contribution in [0.5, 0.6) is 0 Å². The average Bonchev–Trinajstić information content (AvgIpc) is 3.36. The van der Waals surface area contributed by atoms with Crippen LogP contribution in [0.3, 0.4) is 0 Å². The largest absolute Gasteiger partial charge is 0.392 e. The van der Waals surface area contributed by atoms with Crippen molar-refractivity contribution in [1.29, 1.82) is 0 Å². The van der Waals surface area contributed by atoms with Crippen molar-refractivity contribution in [1.82, 2.24) is 10.2 Å².